The summed E-state index contributed by atoms with van der Waals surface area (Å²) in [6.07, 6.45) is -2.14. The van der Waals surface area contributed by atoms with E-state index in [0.717, 1.165) is 42.0 Å². The molecule has 2 heterocycles. The number of aromatic nitrogens is 4. The number of hydrogen-bond acceptors (Lipinski definition) is 4. The number of aryl methyl sites for hydroxylation is 2. The van der Waals surface area contributed by atoms with Crippen molar-refractivity contribution in [3.05, 3.63) is 82.8 Å². The van der Waals surface area contributed by atoms with Crippen LogP contribution in [-0.4, -0.2) is 25.5 Å². The van der Waals surface area contributed by atoms with Gasteiger partial charge in [0.25, 0.3) is 11.7 Å². The molecule has 9 heteroatoms. The van der Waals surface area contributed by atoms with Crippen LogP contribution in [0.4, 0.5) is 13.2 Å². The quantitative estimate of drug-likeness (QED) is 0.480. The van der Waals surface area contributed by atoms with Gasteiger partial charge in [-0.1, -0.05) is 54.1 Å². The van der Waals surface area contributed by atoms with Crippen LogP contribution in [0.1, 0.15) is 51.9 Å². The monoisotopic (exact) mass is 451 g/mol. The molecule has 1 aliphatic carbocycles. The fourth-order valence-electron chi connectivity index (χ4n) is 4.17. The minimum atomic E-state index is -4.70. The molecule has 0 fully saturated rings. The summed E-state index contributed by atoms with van der Waals surface area (Å²) in [5.41, 5.74) is 2.72. The number of amides is 1. The predicted molar refractivity (Wildman–Crippen MR) is 116 cm³/mol. The summed E-state index contributed by atoms with van der Waals surface area (Å²) in [4.78, 5) is 21.2. The van der Waals surface area contributed by atoms with Gasteiger partial charge in [0.2, 0.25) is 5.82 Å². The third-order valence-corrected chi connectivity index (χ3v) is 5.83. The molecule has 1 amide bonds. The van der Waals surface area contributed by atoms with E-state index in [9.17, 15) is 18.0 Å². The number of alkyl halides is 3. The van der Waals surface area contributed by atoms with Crippen molar-refractivity contribution in [1.29, 1.82) is 0 Å². The van der Waals surface area contributed by atoms with Crippen molar-refractivity contribution in [2.45, 2.75) is 38.4 Å². The van der Waals surface area contributed by atoms with Gasteiger partial charge in [-0.25, -0.2) is 4.98 Å². The van der Waals surface area contributed by atoms with Crippen molar-refractivity contribution in [2.24, 2.45) is 0 Å². The molecule has 2 aromatic heterocycles. The van der Waals surface area contributed by atoms with Gasteiger partial charge in [0.05, 0.1) is 11.7 Å². The van der Waals surface area contributed by atoms with E-state index in [1.807, 2.05) is 31.2 Å². The molecule has 1 atom stereocenters. The summed E-state index contributed by atoms with van der Waals surface area (Å²) in [7, 11) is 0. The average molecular weight is 451 g/mol. The predicted octanol–water partition coefficient (Wildman–Crippen LogP) is 4.93. The second-order valence-corrected chi connectivity index (χ2v) is 8.15. The van der Waals surface area contributed by atoms with Crippen molar-refractivity contribution in [2.75, 3.05) is 0 Å². The lowest BCUT2D eigenvalue weighted by molar-refractivity contribution is -0.142. The number of rotatable bonds is 3. The molecule has 0 spiro atoms. The summed E-state index contributed by atoms with van der Waals surface area (Å²) in [5, 5.41) is 6.74. The fourth-order valence-corrected chi connectivity index (χ4v) is 4.17. The topological polar surface area (TPSA) is 72.2 Å². The summed E-state index contributed by atoms with van der Waals surface area (Å²) in [5.74, 6) is -1.26. The number of carbonyl (C=O) groups excluding carboxylic acids is 1. The maximum Gasteiger partial charge on any atom is 0.433 e. The van der Waals surface area contributed by atoms with Crippen molar-refractivity contribution < 1.29 is 18.0 Å². The van der Waals surface area contributed by atoms with Gasteiger partial charge in [0.15, 0.2) is 5.69 Å². The highest BCUT2D eigenvalue weighted by Crippen LogP contribution is 2.32. The Kier molecular flexibility index (Phi) is 5.11. The summed E-state index contributed by atoms with van der Waals surface area (Å²) >= 11 is 0. The fraction of sp³-hybridized carbons (Fsp3) is 0.250. The average Bonchev–Trinajstić information content (AvgIpc) is 3.23. The van der Waals surface area contributed by atoms with E-state index in [2.05, 4.69) is 20.4 Å². The smallest absolute Gasteiger partial charge is 0.342 e. The van der Waals surface area contributed by atoms with Crippen LogP contribution in [0.25, 0.3) is 17.0 Å². The standard InChI is InChI=1S/C24H20F3N5O/c1-14-9-11-16(12-10-14)19-13-20(24(25,26)27)32-23(29-19)30-21(31-32)22(33)28-18-8-4-6-15-5-2-3-7-17(15)18/h2-3,5,7,9-13,18H,4,6,8H2,1H3,(H,28,33)/t18-/m1/s1. The summed E-state index contributed by atoms with van der Waals surface area (Å²) in [6, 6.07) is 15.5. The highest BCUT2D eigenvalue weighted by atomic mass is 19.4. The number of nitrogens with one attached hydrogen (secondary N) is 1. The van der Waals surface area contributed by atoms with Crippen molar-refractivity contribution in [1.82, 2.24) is 24.9 Å². The molecular weight excluding hydrogens is 431 g/mol. The van der Waals surface area contributed by atoms with E-state index in [1.165, 1.54) is 0 Å². The molecule has 0 unspecified atom stereocenters. The van der Waals surface area contributed by atoms with Crippen LogP contribution in [0.2, 0.25) is 0 Å². The van der Waals surface area contributed by atoms with Crippen LogP contribution in [0, 0.1) is 6.92 Å². The van der Waals surface area contributed by atoms with Crippen LogP contribution in [0.15, 0.2) is 54.6 Å². The Labute approximate surface area is 187 Å². The maximum absolute atomic E-state index is 13.8. The van der Waals surface area contributed by atoms with Gasteiger partial charge in [-0.05, 0) is 43.4 Å². The van der Waals surface area contributed by atoms with Crippen LogP contribution in [0.3, 0.4) is 0 Å². The molecule has 4 aromatic rings. The van der Waals surface area contributed by atoms with E-state index in [4.69, 9.17) is 0 Å². The SMILES string of the molecule is Cc1ccc(-c2cc(C(F)(F)F)n3nc(C(=O)N[C@@H]4CCCc5ccccc54)nc3n2)cc1. The number of nitrogens with zero attached hydrogens (tertiary/aromatic N) is 4. The van der Waals surface area contributed by atoms with E-state index < -0.39 is 17.8 Å². The molecular formula is C24H20F3N5O. The van der Waals surface area contributed by atoms with Crippen LogP contribution in [-0.2, 0) is 12.6 Å². The van der Waals surface area contributed by atoms with Crippen molar-refractivity contribution >= 4 is 11.7 Å². The van der Waals surface area contributed by atoms with Gasteiger partial charge in [-0.2, -0.15) is 22.7 Å². The number of benzene rings is 2. The van der Waals surface area contributed by atoms with E-state index in [-0.39, 0.29) is 23.3 Å². The van der Waals surface area contributed by atoms with Crippen LogP contribution < -0.4 is 5.32 Å². The number of halogens is 3. The molecule has 0 radical (unpaired) electrons. The number of carbonyl (C=O) groups is 1. The van der Waals surface area contributed by atoms with Gasteiger partial charge in [-0.3, -0.25) is 4.79 Å². The zero-order chi connectivity index (χ0) is 23.2. The first-order chi connectivity index (χ1) is 15.8. The Balaban J connectivity index is 1.52. The van der Waals surface area contributed by atoms with E-state index in [0.29, 0.717) is 10.1 Å². The Morgan fingerprint density at radius 2 is 1.85 bits per heavy atom. The summed E-state index contributed by atoms with van der Waals surface area (Å²) < 4.78 is 42.0. The lowest BCUT2D eigenvalue weighted by Gasteiger charge is -2.25. The van der Waals surface area contributed by atoms with Gasteiger partial charge in [-0.15, -0.1) is 5.10 Å². The molecule has 1 aliphatic rings. The van der Waals surface area contributed by atoms with Gasteiger partial charge in [0, 0.05) is 5.56 Å². The third-order valence-electron chi connectivity index (χ3n) is 5.83. The molecule has 0 aliphatic heterocycles. The molecule has 0 saturated carbocycles. The van der Waals surface area contributed by atoms with Crippen molar-refractivity contribution in [3.8, 4) is 11.3 Å². The molecule has 2 aromatic carbocycles. The van der Waals surface area contributed by atoms with Crippen LogP contribution in [0.5, 0.6) is 0 Å². The second-order valence-electron chi connectivity index (χ2n) is 8.15. The van der Waals surface area contributed by atoms with Gasteiger partial charge in [0.1, 0.15) is 0 Å². The number of fused-ring (bicyclic) bond motifs is 2. The second kappa shape index (κ2) is 7.99. The number of hydrogen-bond donors (Lipinski definition) is 1. The molecule has 168 valence electrons. The van der Waals surface area contributed by atoms with Crippen molar-refractivity contribution in [3.63, 3.8) is 0 Å². The van der Waals surface area contributed by atoms with E-state index >= 15 is 0 Å². The van der Waals surface area contributed by atoms with E-state index in [1.54, 1.807) is 24.3 Å². The maximum atomic E-state index is 13.8. The Morgan fingerprint density at radius 1 is 1.09 bits per heavy atom. The van der Waals surface area contributed by atoms with Gasteiger partial charge < -0.3 is 5.32 Å². The Bertz CT molecular complexity index is 1340. The normalized spacial score (nSPS) is 15.9. The lowest BCUT2D eigenvalue weighted by Crippen LogP contribution is -2.31. The lowest BCUT2D eigenvalue weighted by atomic mass is 9.88. The molecule has 1 N–H and O–H groups in total. The largest absolute Gasteiger partial charge is 0.433 e. The Hall–Kier alpha value is -3.75. The first kappa shape index (κ1) is 21.1. The Morgan fingerprint density at radius 3 is 2.61 bits per heavy atom. The molecule has 33 heavy (non-hydrogen) atoms. The third kappa shape index (κ3) is 4.06. The summed E-state index contributed by atoms with van der Waals surface area (Å²) in [6.45, 7) is 1.88. The minimum Gasteiger partial charge on any atom is -0.342 e. The highest BCUT2D eigenvalue weighted by Gasteiger charge is 2.36. The zero-order valence-electron chi connectivity index (χ0n) is 17.7. The molecule has 5 rings (SSSR count). The highest BCUT2D eigenvalue weighted by molar-refractivity contribution is 5.91. The molecule has 6 nitrogen and oxygen atoms in total. The molecule has 0 saturated heterocycles. The first-order valence-electron chi connectivity index (χ1n) is 10.6. The van der Waals surface area contributed by atoms with Crippen LogP contribution >= 0.6 is 0 Å². The first-order valence-corrected chi connectivity index (χ1v) is 10.6. The molecule has 0 bridgehead atoms. The zero-order valence-corrected chi connectivity index (χ0v) is 17.7. The minimum absolute atomic E-state index is 0.107. The van der Waals surface area contributed by atoms with Gasteiger partial charge >= 0.3 is 6.18 Å².